The van der Waals surface area contributed by atoms with E-state index in [1.807, 2.05) is 31.2 Å². The zero-order chi connectivity index (χ0) is 18.8. The number of nitrogens with one attached hydrogen (secondary N) is 2. The van der Waals surface area contributed by atoms with Gasteiger partial charge in [-0.1, -0.05) is 23.9 Å². The Labute approximate surface area is 157 Å². The van der Waals surface area contributed by atoms with Crippen molar-refractivity contribution in [2.45, 2.75) is 31.0 Å². The van der Waals surface area contributed by atoms with Crippen molar-refractivity contribution in [3.8, 4) is 0 Å². The number of anilines is 1. The smallest absolute Gasteiger partial charge is 0.230 e. The average Bonchev–Trinajstić information content (AvgIpc) is 2.86. The van der Waals surface area contributed by atoms with Crippen molar-refractivity contribution in [2.24, 2.45) is 0 Å². The molecule has 3 rings (SSSR count). The van der Waals surface area contributed by atoms with Crippen LogP contribution < -0.4 is 10.6 Å². The number of sulfone groups is 1. The van der Waals surface area contributed by atoms with E-state index in [1.165, 1.54) is 11.8 Å². The molecule has 0 spiro atoms. The Balaban J connectivity index is 1.68. The van der Waals surface area contributed by atoms with E-state index in [0.29, 0.717) is 11.6 Å². The standard InChI is InChI=1S/C17H22N4O3S2/c1-3-18-15-12-6-4-5-7-13(12)19-16(20-15)25-10-14(22)21-17(2)8-9-26(23,24)11-17/h4-7H,3,8-11H2,1-2H3,(H,21,22)(H,18,19,20). The Morgan fingerprint density at radius 3 is 2.77 bits per heavy atom. The van der Waals surface area contributed by atoms with E-state index in [4.69, 9.17) is 0 Å². The van der Waals surface area contributed by atoms with Gasteiger partial charge >= 0.3 is 0 Å². The Bertz CT molecular complexity index is 933. The first-order chi connectivity index (χ1) is 12.3. The number of thioether (sulfide) groups is 1. The van der Waals surface area contributed by atoms with E-state index in [9.17, 15) is 13.2 Å². The van der Waals surface area contributed by atoms with E-state index < -0.39 is 15.4 Å². The van der Waals surface area contributed by atoms with E-state index in [0.717, 1.165) is 23.3 Å². The minimum absolute atomic E-state index is 0.00650. The quantitative estimate of drug-likeness (QED) is 0.569. The molecule has 1 atom stereocenters. The number of carbonyl (C=O) groups excluding carboxylic acids is 1. The summed E-state index contributed by atoms with van der Waals surface area (Å²) in [7, 11) is -3.06. The molecule has 1 aliphatic rings. The summed E-state index contributed by atoms with van der Waals surface area (Å²) < 4.78 is 23.3. The van der Waals surface area contributed by atoms with Gasteiger partial charge in [-0.05, 0) is 32.4 Å². The number of amides is 1. The van der Waals surface area contributed by atoms with Gasteiger partial charge in [-0.2, -0.15) is 0 Å². The predicted octanol–water partition coefficient (Wildman–Crippen LogP) is 1.85. The summed E-state index contributed by atoms with van der Waals surface area (Å²) in [5, 5.41) is 7.52. The molecule has 0 saturated carbocycles. The molecule has 9 heteroatoms. The molecular weight excluding hydrogens is 372 g/mol. The molecule has 2 heterocycles. The van der Waals surface area contributed by atoms with Crippen LogP contribution in [0.15, 0.2) is 29.4 Å². The van der Waals surface area contributed by atoms with Gasteiger partial charge in [-0.15, -0.1) is 0 Å². The van der Waals surface area contributed by atoms with Crippen LogP contribution in [0.4, 0.5) is 5.82 Å². The number of aromatic nitrogens is 2. The van der Waals surface area contributed by atoms with Crippen LogP contribution in [0.25, 0.3) is 10.9 Å². The molecule has 1 amide bonds. The van der Waals surface area contributed by atoms with Gasteiger partial charge in [-0.3, -0.25) is 4.79 Å². The first-order valence-electron chi connectivity index (χ1n) is 8.45. The third-order valence-electron chi connectivity index (χ3n) is 4.20. The molecule has 140 valence electrons. The predicted molar refractivity (Wildman–Crippen MR) is 104 cm³/mol. The van der Waals surface area contributed by atoms with E-state index in [2.05, 4.69) is 20.6 Å². The van der Waals surface area contributed by atoms with Gasteiger partial charge in [0.1, 0.15) is 5.82 Å². The summed E-state index contributed by atoms with van der Waals surface area (Å²) in [4.78, 5) is 21.3. The molecule has 2 aromatic rings. The van der Waals surface area contributed by atoms with Gasteiger partial charge < -0.3 is 10.6 Å². The zero-order valence-corrected chi connectivity index (χ0v) is 16.4. The first kappa shape index (κ1) is 18.9. The Hall–Kier alpha value is -1.87. The van der Waals surface area contributed by atoms with Crippen molar-refractivity contribution in [1.82, 2.24) is 15.3 Å². The van der Waals surface area contributed by atoms with Crippen LogP contribution in [-0.2, 0) is 14.6 Å². The van der Waals surface area contributed by atoms with Crippen LogP contribution in [0, 0.1) is 0 Å². The third kappa shape index (κ3) is 4.45. The molecule has 1 aliphatic heterocycles. The fourth-order valence-electron chi connectivity index (χ4n) is 3.03. The molecule has 1 saturated heterocycles. The molecule has 1 aromatic heterocycles. The molecule has 0 bridgehead atoms. The summed E-state index contributed by atoms with van der Waals surface area (Å²) in [6, 6.07) is 7.71. The van der Waals surface area contributed by atoms with Crippen LogP contribution in [0.3, 0.4) is 0 Å². The average molecular weight is 395 g/mol. The summed E-state index contributed by atoms with van der Waals surface area (Å²) in [5.74, 6) is 0.787. The van der Waals surface area contributed by atoms with Crippen LogP contribution >= 0.6 is 11.8 Å². The van der Waals surface area contributed by atoms with E-state index >= 15 is 0 Å². The highest BCUT2D eigenvalue weighted by Gasteiger charge is 2.39. The zero-order valence-electron chi connectivity index (χ0n) is 14.8. The molecule has 0 radical (unpaired) electrons. The maximum Gasteiger partial charge on any atom is 0.230 e. The lowest BCUT2D eigenvalue weighted by molar-refractivity contribution is -0.120. The normalized spacial score (nSPS) is 21.6. The SMILES string of the molecule is CCNc1nc(SCC(=O)NC2(C)CCS(=O)(=O)C2)nc2ccccc12. The molecule has 1 unspecified atom stereocenters. The second-order valence-electron chi connectivity index (χ2n) is 6.64. The monoisotopic (exact) mass is 394 g/mol. The molecule has 0 aliphatic carbocycles. The number of fused-ring (bicyclic) bond motifs is 1. The highest BCUT2D eigenvalue weighted by molar-refractivity contribution is 7.99. The molecular formula is C17H22N4O3S2. The van der Waals surface area contributed by atoms with Gasteiger partial charge in [0, 0.05) is 11.9 Å². The fourth-order valence-corrected chi connectivity index (χ4v) is 5.78. The number of carbonyl (C=O) groups is 1. The van der Waals surface area contributed by atoms with Gasteiger partial charge in [0.05, 0.1) is 28.3 Å². The Morgan fingerprint density at radius 1 is 1.31 bits per heavy atom. The minimum Gasteiger partial charge on any atom is -0.370 e. The lowest BCUT2D eigenvalue weighted by Gasteiger charge is -2.23. The molecule has 7 nitrogen and oxygen atoms in total. The van der Waals surface area contributed by atoms with Crippen LogP contribution in [0.1, 0.15) is 20.3 Å². The minimum atomic E-state index is -3.06. The number of nitrogens with zero attached hydrogens (tertiary/aromatic N) is 2. The van der Waals surface area contributed by atoms with Crippen molar-refractivity contribution < 1.29 is 13.2 Å². The number of hydrogen-bond donors (Lipinski definition) is 2. The lowest BCUT2D eigenvalue weighted by atomic mass is 10.0. The molecule has 1 fully saturated rings. The van der Waals surface area contributed by atoms with Crippen molar-refractivity contribution in [2.75, 3.05) is 29.1 Å². The summed E-state index contributed by atoms with van der Waals surface area (Å²) in [6.45, 7) is 4.50. The Kier molecular flexibility index (Phi) is 5.38. The second kappa shape index (κ2) is 7.40. The van der Waals surface area contributed by atoms with Crippen LogP contribution in [-0.4, -0.2) is 53.6 Å². The van der Waals surface area contributed by atoms with Gasteiger partial charge in [0.15, 0.2) is 15.0 Å². The number of hydrogen-bond acceptors (Lipinski definition) is 7. The summed E-state index contributed by atoms with van der Waals surface area (Å²) in [6.07, 6.45) is 0.447. The van der Waals surface area contributed by atoms with Crippen molar-refractivity contribution in [1.29, 1.82) is 0 Å². The fraction of sp³-hybridized carbons (Fsp3) is 0.471. The van der Waals surface area contributed by atoms with Gasteiger partial charge in [0.2, 0.25) is 5.91 Å². The number of para-hydroxylation sites is 1. The molecule has 26 heavy (non-hydrogen) atoms. The number of benzene rings is 1. The van der Waals surface area contributed by atoms with Crippen molar-refractivity contribution >= 4 is 44.2 Å². The number of rotatable bonds is 6. The summed E-state index contributed by atoms with van der Waals surface area (Å²) >= 11 is 1.24. The van der Waals surface area contributed by atoms with Crippen molar-refractivity contribution in [3.05, 3.63) is 24.3 Å². The van der Waals surface area contributed by atoms with Crippen LogP contribution in [0.5, 0.6) is 0 Å². The third-order valence-corrected chi connectivity index (χ3v) is 6.95. The second-order valence-corrected chi connectivity index (χ2v) is 9.77. The van der Waals surface area contributed by atoms with E-state index in [-0.39, 0.29) is 23.2 Å². The van der Waals surface area contributed by atoms with Crippen LogP contribution in [0.2, 0.25) is 0 Å². The highest BCUT2D eigenvalue weighted by Crippen LogP contribution is 2.25. The maximum absolute atomic E-state index is 12.3. The highest BCUT2D eigenvalue weighted by atomic mass is 32.2. The Morgan fingerprint density at radius 2 is 2.08 bits per heavy atom. The lowest BCUT2D eigenvalue weighted by Crippen LogP contribution is -2.47. The largest absolute Gasteiger partial charge is 0.370 e. The van der Waals surface area contributed by atoms with E-state index in [1.54, 1.807) is 6.92 Å². The van der Waals surface area contributed by atoms with Gasteiger partial charge in [0.25, 0.3) is 0 Å². The van der Waals surface area contributed by atoms with Crippen molar-refractivity contribution in [3.63, 3.8) is 0 Å². The maximum atomic E-state index is 12.3. The van der Waals surface area contributed by atoms with Gasteiger partial charge in [-0.25, -0.2) is 18.4 Å². The summed E-state index contributed by atoms with van der Waals surface area (Å²) in [5.41, 5.74) is 0.130. The molecule has 1 aromatic carbocycles. The first-order valence-corrected chi connectivity index (χ1v) is 11.3. The molecule has 2 N–H and O–H groups in total. The topological polar surface area (TPSA) is 101 Å².